The molecule has 0 bridgehead atoms. The molecule has 0 aliphatic carbocycles. The summed E-state index contributed by atoms with van der Waals surface area (Å²) in [6.45, 7) is 10.1. The van der Waals surface area contributed by atoms with Gasteiger partial charge in [0.15, 0.2) is 0 Å². The summed E-state index contributed by atoms with van der Waals surface area (Å²) < 4.78 is 10.9. The van der Waals surface area contributed by atoms with Gasteiger partial charge in [-0.15, -0.1) is 0 Å². The van der Waals surface area contributed by atoms with E-state index in [4.69, 9.17) is 9.47 Å². The molecular formula is C13H26N2O3. The summed E-state index contributed by atoms with van der Waals surface area (Å²) in [6.07, 6.45) is 1.82. The Bertz CT molecular complexity index is 239. The molecule has 1 saturated heterocycles. The maximum Gasteiger partial charge on any atom is 0.410 e. The number of rotatable bonds is 0. The van der Waals surface area contributed by atoms with Gasteiger partial charge in [0.1, 0.15) is 5.60 Å². The van der Waals surface area contributed by atoms with Crippen molar-refractivity contribution in [3.63, 3.8) is 0 Å². The average molecular weight is 258 g/mol. The number of nitrogens with zero attached hydrogens (tertiary/aromatic N) is 1. The fourth-order valence-corrected chi connectivity index (χ4v) is 1.72. The van der Waals surface area contributed by atoms with E-state index in [9.17, 15) is 4.79 Å². The molecule has 5 heteroatoms. The lowest BCUT2D eigenvalue weighted by Gasteiger charge is -2.27. The Labute approximate surface area is 110 Å². The molecule has 5 nitrogen and oxygen atoms in total. The van der Waals surface area contributed by atoms with Crippen LogP contribution >= 0.6 is 0 Å². The first-order valence-electron chi connectivity index (χ1n) is 6.75. The average Bonchev–Trinajstić information content (AvgIpc) is 2.31. The first-order valence-corrected chi connectivity index (χ1v) is 6.75. The predicted molar refractivity (Wildman–Crippen MR) is 70.7 cm³/mol. The van der Waals surface area contributed by atoms with Crippen LogP contribution in [0, 0.1) is 0 Å². The van der Waals surface area contributed by atoms with Gasteiger partial charge in [-0.25, -0.2) is 4.79 Å². The number of carbonyl (C=O) groups excluding carboxylic acids is 1. The molecule has 0 radical (unpaired) electrons. The molecule has 0 atom stereocenters. The van der Waals surface area contributed by atoms with Gasteiger partial charge in [0.25, 0.3) is 0 Å². The van der Waals surface area contributed by atoms with Crippen LogP contribution in [-0.4, -0.2) is 56.0 Å². The van der Waals surface area contributed by atoms with Crippen LogP contribution in [0.4, 0.5) is 4.79 Å². The van der Waals surface area contributed by atoms with E-state index in [0.29, 0.717) is 19.8 Å². The number of hydrogen-bond acceptors (Lipinski definition) is 4. The van der Waals surface area contributed by atoms with Gasteiger partial charge in [-0.1, -0.05) is 0 Å². The fraction of sp³-hybridized carbons (Fsp3) is 0.923. The second kappa shape index (κ2) is 7.59. The predicted octanol–water partition coefficient (Wildman–Crippen LogP) is 1.62. The van der Waals surface area contributed by atoms with Crippen molar-refractivity contribution < 1.29 is 14.3 Å². The van der Waals surface area contributed by atoms with Crippen molar-refractivity contribution in [3.8, 4) is 0 Å². The van der Waals surface area contributed by atoms with Crippen LogP contribution in [0.3, 0.4) is 0 Å². The van der Waals surface area contributed by atoms with Crippen molar-refractivity contribution in [1.29, 1.82) is 0 Å². The molecule has 1 heterocycles. The van der Waals surface area contributed by atoms with Gasteiger partial charge in [-0.3, -0.25) is 0 Å². The van der Waals surface area contributed by atoms with Crippen molar-refractivity contribution in [1.82, 2.24) is 10.2 Å². The molecule has 0 spiro atoms. The van der Waals surface area contributed by atoms with E-state index in [1.165, 1.54) is 0 Å². The zero-order valence-electron chi connectivity index (χ0n) is 11.8. The summed E-state index contributed by atoms with van der Waals surface area (Å²) in [4.78, 5) is 13.7. The molecule has 1 aliphatic heterocycles. The molecule has 0 aromatic carbocycles. The number of hydrogen-bond donors (Lipinski definition) is 1. The minimum atomic E-state index is -0.439. The molecule has 0 aromatic rings. The molecule has 106 valence electrons. The quantitative estimate of drug-likeness (QED) is 0.717. The van der Waals surface area contributed by atoms with Gasteiger partial charge < -0.3 is 19.7 Å². The standard InChI is InChI=1S/C13H26N2O3/c1-13(2,3)18-12(16)15-8-5-4-6-14-7-10-17-11-9-15/h14H,4-11H2,1-3H3. The first-order chi connectivity index (χ1) is 8.49. The van der Waals surface area contributed by atoms with Crippen LogP contribution in [-0.2, 0) is 9.47 Å². The van der Waals surface area contributed by atoms with E-state index < -0.39 is 5.60 Å². The summed E-state index contributed by atoms with van der Waals surface area (Å²) >= 11 is 0. The first kappa shape index (κ1) is 15.2. The van der Waals surface area contributed by atoms with Crippen molar-refractivity contribution in [2.75, 3.05) is 39.4 Å². The Morgan fingerprint density at radius 3 is 2.67 bits per heavy atom. The summed E-state index contributed by atoms with van der Waals surface area (Å²) in [5.74, 6) is 0. The van der Waals surface area contributed by atoms with E-state index in [-0.39, 0.29) is 6.09 Å². The minimum absolute atomic E-state index is 0.238. The third-order valence-electron chi connectivity index (χ3n) is 2.61. The zero-order chi connectivity index (χ0) is 13.4. The van der Waals surface area contributed by atoms with Crippen LogP contribution in [0.15, 0.2) is 0 Å². The lowest BCUT2D eigenvalue weighted by Crippen LogP contribution is -2.39. The maximum atomic E-state index is 12.0. The largest absolute Gasteiger partial charge is 0.444 e. The Morgan fingerprint density at radius 1 is 1.17 bits per heavy atom. The normalized spacial score (nSPS) is 20.1. The van der Waals surface area contributed by atoms with E-state index in [0.717, 1.165) is 32.5 Å². The molecule has 1 aliphatic rings. The third-order valence-corrected chi connectivity index (χ3v) is 2.61. The monoisotopic (exact) mass is 258 g/mol. The number of amides is 1. The van der Waals surface area contributed by atoms with Crippen molar-refractivity contribution in [2.24, 2.45) is 0 Å². The number of nitrogens with one attached hydrogen (secondary N) is 1. The van der Waals surface area contributed by atoms with Gasteiger partial charge in [0.05, 0.1) is 13.2 Å². The summed E-state index contributed by atoms with van der Waals surface area (Å²) in [5, 5.41) is 3.31. The Kier molecular flexibility index (Phi) is 6.43. The van der Waals surface area contributed by atoms with Gasteiger partial charge in [-0.05, 0) is 40.2 Å². The van der Waals surface area contributed by atoms with E-state index in [1.807, 2.05) is 20.8 Å². The highest BCUT2D eigenvalue weighted by molar-refractivity contribution is 5.68. The van der Waals surface area contributed by atoms with Gasteiger partial charge in [0, 0.05) is 19.6 Å². The lowest BCUT2D eigenvalue weighted by atomic mass is 10.2. The molecular weight excluding hydrogens is 232 g/mol. The third kappa shape index (κ3) is 6.81. The molecule has 1 rings (SSSR count). The van der Waals surface area contributed by atoms with Crippen LogP contribution < -0.4 is 5.32 Å². The lowest BCUT2D eigenvalue weighted by molar-refractivity contribution is 0.0179. The molecule has 1 N–H and O–H groups in total. The van der Waals surface area contributed by atoms with Crippen LogP contribution in [0.2, 0.25) is 0 Å². The fourth-order valence-electron chi connectivity index (χ4n) is 1.72. The maximum absolute atomic E-state index is 12.0. The van der Waals surface area contributed by atoms with Crippen molar-refractivity contribution >= 4 is 6.09 Å². The highest BCUT2D eigenvalue weighted by Gasteiger charge is 2.21. The van der Waals surface area contributed by atoms with E-state index in [1.54, 1.807) is 4.90 Å². The summed E-state index contributed by atoms with van der Waals surface area (Å²) in [5.41, 5.74) is -0.439. The highest BCUT2D eigenvalue weighted by atomic mass is 16.6. The SMILES string of the molecule is CC(C)(C)OC(=O)N1CCCCNCCOCC1. The van der Waals surface area contributed by atoms with Crippen LogP contribution in [0.5, 0.6) is 0 Å². The molecule has 18 heavy (non-hydrogen) atoms. The van der Waals surface area contributed by atoms with E-state index in [2.05, 4.69) is 5.32 Å². The number of carbonyl (C=O) groups is 1. The molecule has 0 saturated carbocycles. The smallest absolute Gasteiger partial charge is 0.410 e. The zero-order valence-corrected chi connectivity index (χ0v) is 11.8. The Hall–Kier alpha value is -0.810. The van der Waals surface area contributed by atoms with Crippen molar-refractivity contribution in [3.05, 3.63) is 0 Å². The summed E-state index contributed by atoms with van der Waals surface area (Å²) in [7, 11) is 0. The molecule has 1 fully saturated rings. The molecule has 1 amide bonds. The second-order valence-electron chi connectivity index (χ2n) is 5.54. The van der Waals surface area contributed by atoms with Gasteiger partial charge >= 0.3 is 6.09 Å². The van der Waals surface area contributed by atoms with Gasteiger partial charge in [0.2, 0.25) is 0 Å². The minimum Gasteiger partial charge on any atom is -0.444 e. The topological polar surface area (TPSA) is 50.8 Å². The second-order valence-corrected chi connectivity index (χ2v) is 5.54. The van der Waals surface area contributed by atoms with Crippen LogP contribution in [0.1, 0.15) is 33.6 Å². The molecule has 0 aromatic heterocycles. The van der Waals surface area contributed by atoms with E-state index >= 15 is 0 Å². The number of ether oxygens (including phenoxy) is 2. The highest BCUT2D eigenvalue weighted by Crippen LogP contribution is 2.10. The van der Waals surface area contributed by atoms with Crippen molar-refractivity contribution in [2.45, 2.75) is 39.2 Å². The molecule has 0 unspecified atom stereocenters. The summed E-state index contributed by atoms with van der Waals surface area (Å²) in [6, 6.07) is 0. The van der Waals surface area contributed by atoms with Gasteiger partial charge in [-0.2, -0.15) is 0 Å². The Balaban J connectivity index is 2.45. The van der Waals surface area contributed by atoms with Crippen LogP contribution in [0.25, 0.3) is 0 Å². The Morgan fingerprint density at radius 2 is 1.94 bits per heavy atom.